The van der Waals surface area contributed by atoms with Crippen molar-refractivity contribution in [1.29, 1.82) is 5.41 Å². The van der Waals surface area contributed by atoms with Gasteiger partial charge in [-0.15, -0.1) is 0 Å². The molecular formula is C33H43N7O2S. The monoisotopic (exact) mass is 601 g/mol. The molecule has 0 aliphatic carbocycles. The molecule has 228 valence electrons. The number of benzene rings is 2. The number of methoxy groups -OCH3 is 1. The molecule has 5 rings (SSSR count). The van der Waals surface area contributed by atoms with Crippen LogP contribution in [0.4, 0.5) is 5.69 Å². The van der Waals surface area contributed by atoms with Gasteiger partial charge in [0.15, 0.2) is 16.6 Å². The minimum absolute atomic E-state index is 0.468. The Kier molecular flexibility index (Phi) is 10.7. The molecule has 1 aromatic heterocycles. The van der Waals surface area contributed by atoms with Gasteiger partial charge >= 0.3 is 0 Å². The highest BCUT2D eigenvalue weighted by molar-refractivity contribution is 7.80. The van der Waals surface area contributed by atoms with Crippen molar-refractivity contribution in [1.82, 2.24) is 25.0 Å². The molecule has 0 spiro atoms. The predicted octanol–water partition coefficient (Wildman–Crippen LogP) is 4.68. The van der Waals surface area contributed by atoms with Crippen LogP contribution in [0, 0.1) is 5.41 Å². The fourth-order valence-corrected chi connectivity index (χ4v) is 5.91. The average molecular weight is 602 g/mol. The van der Waals surface area contributed by atoms with Gasteiger partial charge in [-0.1, -0.05) is 30.7 Å². The summed E-state index contributed by atoms with van der Waals surface area (Å²) in [5.74, 6) is 1.82. The number of nitrogens with zero attached hydrogens (tertiary/aromatic N) is 4. The molecule has 0 radical (unpaired) electrons. The van der Waals surface area contributed by atoms with Gasteiger partial charge in [0.1, 0.15) is 12.4 Å². The van der Waals surface area contributed by atoms with Crippen LogP contribution in [0.2, 0.25) is 0 Å². The van der Waals surface area contributed by atoms with E-state index in [-0.39, 0.29) is 0 Å². The molecule has 2 aliphatic rings. The molecule has 0 bridgehead atoms. The first-order chi connectivity index (χ1) is 21.1. The second-order valence-electron chi connectivity index (χ2n) is 11.0. The SMILES string of the molecule is CNc1cc(OCCN2CCCCC2)c(OC)cc1C(=N)N1CCN(C(=S)NCc2ccc(-c3ccncc3)cc2)CC1. The Hall–Kier alpha value is -3.89. The lowest BCUT2D eigenvalue weighted by Gasteiger charge is -2.37. The number of rotatable bonds is 10. The molecule has 43 heavy (non-hydrogen) atoms. The Bertz CT molecular complexity index is 1360. The van der Waals surface area contributed by atoms with Gasteiger partial charge in [-0.3, -0.25) is 15.3 Å². The number of hydrogen-bond acceptors (Lipinski definition) is 7. The molecule has 3 heterocycles. The van der Waals surface area contributed by atoms with Crippen LogP contribution in [0.25, 0.3) is 11.1 Å². The molecule has 10 heteroatoms. The van der Waals surface area contributed by atoms with Crippen LogP contribution >= 0.6 is 12.2 Å². The van der Waals surface area contributed by atoms with Crippen LogP contribution in [-0.2, 0) is 6.54 Å². The highest BCUT2D eigenvalue weighted by Crippen LogP contribution is 2.34. The van der Waals surface area contributed by atoms with Crippen molar-refractivity contribution < 1.29 is 9.47 Å². The maximum Gasteiger partial charge on any atom is 0.169 e. The number of likely N-dealkylation sites (tertiary alicyclic amines) is 1. The number of pyridine rings is 1. The normalized spacial score (nSPS) is 15.6. The number of thiocarbonyl (C=S) groups is 1. The van der Waals surface area contributed by atoms with Gasteiger partial charge < -0.3 is 29.9 Å². The lowest BCUT2D eigenvalue weighted by Crippen LogP contribution is -2.53. The molecule has 3 N–H and O–H groups in total. The molecular weight excluding hydrogens is 558 g/mol. The Morgan fingerprint density at radius 2 is 1.56 bits per heavy atom. The minimum Gasteiger partial charge on any atom is -0.493 e. The van der Waals surface area contributed by atoms with Crippen LogP contribution in [-0.4, -0.2) is 97.2 Å². The largest absolute Gasteiger partial charge is 0.493 e. The first-order valence-corrected chi connectivity index (χ1v) is 15.6. The van der Waals surface area contributed by atoms with Crippen LogP contribution in [0.15, 0.2) is 60.9 Å². The average Bonchev–Trinajstić information content (AvgIpc) is 3.07. The van der Waals surface area contributed by atoms with Crippen LogP contribution in [0.3, 0.4) is 0 Å². The van der Waals surface area contributed by atoms with Gasteiger partial charge in [0.2, 0.25) is 0 Å². The summed E-state index contributed by atoms with van der Waals surface area (Å²) >= 11 is 5.73. The quantitative estimate of drug-likeness (QED) is 0.174. The Morgan fingerprint density at radius 1 is 0.884 bits per heavy atom. The standard InChI is InChI=1S/C33H43N7O2S/c1-35-29-23-31(42-21-20-38-14-4-3-5-15-38)30(41-2)22-28(29)32(34)39-16-18-40(19-17-39)33(43)37-24-25-6-8-26(9-7-25)27-10-12-36-13-11-27/h6-13,22-23,34-35H,3-5,14-21,24H2,1-2H3,(H,37,43). The number of aromatic nitrogens is 1. The van der Waals surface area contributed by atoms with E-state index in [2.05, 4.69) is 54.6 Å². The lowest BCUT2D eigenvalue weighted by atomic mass is 10.1. The topological polar surface area (TPSA) is 89.0 Å². The summed E-state index contributed by atoms with van der Waals surface area (Å²) in [6.45, 7) is 7.41. The molecule has 3 aromatic rings. The van der Waals surface area contributed by atoms with Gasteiger partial charge in [0.05, 0.1) is 7.11 Å². The molecule has 2 fully saturated rings. The Morgan fingerprint density at radius 3 is 2.23 bits per heavy atom. The fourth-order valence-electron chi connectivity index (χ4n) is 5.66. The maximum absolute atomic E-state index is 9.04. The minimum atomic E-state index is 0.468. The van der Waals surface area contributed by atoms with Crippen molar-refractivity contribution in [2.75, 3.05) is 71.9 Å². The summed E-state index contributed by atoms with van der Waals surface area (Å²) in [6.07, 6.45) is 7.48. The van der Waals surface area contributed by atoms with Crippen LogP contribution in [0.5, 0.6) is 11.5 Å². The molecule has 2 aromatic carbocycles. The van der Waals surface area contributed by atoms with E-state index in [1.165, 1.54) is 30.4 Å². The number of amidine groups is 1. The summed E-state index contributed by atoms with van der Waals surface area (Å²) in [5, 5.41) is 16.5. The Balaban J connectivity index is 1.12. The molecule has 2 aliphatic heterocycles. The fraction of sp³-hybridized carbons (Fsp3) is 0.424. The van der Waals surface area contributed by atoms with Crippen molar-refractivity contribution in [3.63, 3.8) is 0 Å². The highest BCUT2D eigenvalue weighted by Gasteiger charge is 2.24. The summed E-state index contributed by atoms with van der Waals surface area (Å²) in [5.41, 5.74) is 5.15. The second-order valence-corrected chi connectivity index (χ2v) is 11.4. The van der Waals surface area contributed by atoms with E-state index >= 15 is 0 Å². The van der Waals surface area contributed by atoms with Crippen LogP contribution in [0.1, 0.15) is 30.4 Å². The molecule has 9 nitrogen and oxygen atoms in total. The number of piperidine rings is 1. The van der Waals surface area contributed by atoms with Crippen molar-refractivity contribution in [2.45, 2.75) is 25.8 Å². The summed E-state index contributed by atoms with van der Waals surface area (Å²) in [6, 6.07) is 16.4. The molecule has 0 saturated carbocycles. The summed E-state index contributed by atoms with van der Waals surface area (Å²) < 4.78 is 11.8. The number of nitrogens with one attached hydrogen (secondary N) is 3. The molecule has 2 saturated heterocycles. The van der Waals surface area contributed by atoms with Crippen molar-refractivity contribution in [2.24, 2.45) is 0 Å². The first kappa shape index (κ1) is 30.6. The van der Waals surface area contributed by atoms with E-state index in [4.69, 9.17) is 27.1 Å². The smallest absolute Gasteiger partial charge is 0.169 e. The molecule has 0 unspecified atom stereocenters. The molecule has 0 amide bonds. The van der Waals surface area contributed by atoms with Crippen LogP contribution < -0.4 is 20.1 Å². The van der Waals surface area contributed by atoms with Gasteiger partial charge in [-0.2, -0.15) is 0 Å². The third-order valence-corrected chi connectivity index (χ3v) is 8.64. The van der Waals surface area contributed by atoms with Gasteiger partial charge in [0, 0.05) is 76.0 Å². The highest BCUT2D eigenvalue weighted by atomic mass is 32.1. The zero-order valence-electron chi connectivity index (χ0n) is 25.3. The summed E-state index contributed by atoms with van der Waals surface area (Å²) in [4.78, 5) is 10.8. The number of hydrogen-bond donors (Lipinski definition) is 3. The van der Waals surface area contributed by atoms with Gasteiger partial charge in [-0.05, 0) is 73.0 Å². The lowest BCUT2D eigenvalue weighted by molar-refractivity contribution is 0.180. The second kappa shape index (κ2) is 15.0. The van der Waals surface area contributed by atoms with Gasteiger partial charge in [0.25, 0.3) is 0 Å². The number of piperazine rings is 1. The third-order valence-electron chi connectivity index (χ3n) is 8.24. The van der Waals surface area contributed by atoms with Crippen molar-refractivity contribution >= 4 is 28.9 Å². The maximum atomic E-state index is 9.04. The summed E-state index contributed by atoms with van der Waals surface area (Å²) in [7, 11) is 3.53. The van der Waals surface area contributed by atoms with E-state index in [0.717, 1.165) is 54.7 Å². The van der Waals surface area contributed by atoms with E-state index in [0.29, 0.717) is 43.6 Å². The predicted molar refractivity (Wildman–Crippen MR) is 177 cm³/mol. The zero-order chi connectivity index (χ0) is 30.0. The van der Waals surface area contributed by atoms with Crippen molar-refractivity contribution in [3.05, 3.63) is 72.1 Å². The van der Waals surface area contributed by atoms with E-state index in [1.54, 1.807) is 7.11 Å². The number of ether oxygens (including phenoxy) is 2. The zero-order valence-corrected chi connectivity index (χ0v) is 26.1. The molecule has 0 atom stereocenters. The van der Waals surface area contributed by atoms with Crippen molar-refractivity contribution in [3.8, 4) is 22.6 Å². The first-order valence-electron chi connectivity index (χ1n) is 15.2. The van der Waals surface area contributed by atoms with E-state index < -0.39 is 0 Å². The van der Waals surface area contributed by atoms with E-state index in [1.807, 2.05) is 43.7 Å². The Labute approximate surface area is 260 Å². The van der Waals surface area contributed by atoms with Gasteiger partial charge in [-0.25, -0.2) is 0 Å². The number of anilines is 1. The third kappa shape index (κ3) is 7.94. The van der Waals surface area contributed by atoms with E-state index in [9.17, 15) is 0 Å².